The number of carbonyl (C=O) groups is 1. The number of hydrogen-bond acceptors (Lipinski definition) is 7. The minimum atomic E-state index is -3.83. The molecule has 0 aromatic heterocycles. The van der Waals surface area contributed by atoms with E-state index in [1.54, 1.807) is 24.3 Å². The third-order valence-electron chi connectivity index (χ3n) is 5.49. The van der Waals surface area contributed by atoms with Crippen LogP contribution in [0.3, 0.4) is 0 Å². The summed E-state index contributed by atoms with van der Waals surface area (Å²) in [6.45, 7) is 1.26. The average Bonchev–Trinajstić information content (AvgIpc) is 2.90. The molecule has 1 aliphatic rings. The van der Waals surface area contributed by atoms with E-state index in [1.807, 2.05) is 0 Å². The predicted octanol–water partition coefficient (Wildman–Crippen LogP) is 2.77. The van der Waals surface area contributed by atoms with Crippen molar-refractivity contribution in [2.75, 3.05) is 43.5 Å². The van der Waals surface area contributed by atoms with Crippen LogP contribution in [0.4, 0.5) is 11.4 Å². The van der Waals surface area contributed by atoms with Crippen molar-refractivity contribution in [2.24, 2.45) is 0 Å². The van der Waals surface area contributed by atoms with Crippen molar-refractivity contribution >= 4 is 37.3 Å². The smallest absolute Gasteiger partial charge is 0.261 e. The van der Waals surface area contributed by atoms with Crippen LogP contribution in [0, 0.1) is 0 Å². The molecule has 36 heavy (non-hydrogen) atoms. The molecule has 4 rings (SSSR count). The molecule has 0 unspecified atom stereocenters. The number of benzene rings is 3. The highest BCUT2D eigenvalue weighted by molar-refractivity contribution is 7.92. The van der Waals surface area contributed by atoms with E-state index in [-0.39, 0.29) is 28.4 Å². The first kappa shape index (κ1) is 25.6. The fraction of sp³-hybridized carbons (Fsp3) is 0.208. The Bertz CT molecular complexity index is 1420. The normalized spacial score (nSPS) is 14.7. The maximum absolute atomic E-state index is 12.7. The maximum Gasteiger partial charge on any atom is 0.261 e. The van der Waals surface area contributed by atoms with Gasteiger partial charge in [-0.3, -0.25) is 9.52 Å². The van der Waals surface area contributed by atoms with Crippen LogP contribution < -0.4 is 14.8 Å². The summed E-state index contributed by atoms with van der Waals surface area (Å²) in [6, 6.07) is 17.8. The molecule has 0 spiro atoms. The number of rotatable bonds is 8. The van der Waals surface area contributed by atoms with Crippen molar-refractivity contribution in [1.29, 1.82) is 0 Å². The zero-order valence-corrected chi connectivity index (χ0v) is 21.0. The van der Waals surface area contributed by atoms with Gasteiger partial charge in [-0.15, -0.1) is 0 Å². The van der Waals surface area contributed by atoms with Crippen molar-refractivity contribution in [2.45, 2.75) is 9.79 Å². The highest BCUT2D eigenvalue weighted by Gasteiger charge is 2.26. The van der Waals surface area contributed by atoms with Gasteiger partial charge < -0.3 is 14.8 Å². The van der Waals surface area contributed by atoms with E-state index in [0.717, 1.165) is 0 Å². The topological polar surface area (TPSA) is 131 Å². The Balaban J connectivity index is 1.40. The van der Waals surface area contributed by atoms with Gasteiger partial charge in [-0.1, -0.05) is 0 Å². The quantitative estimate of drug-likeness (QED) is 0.457. The number of methoxy groups -OCH3 is 1. The molecular formula is C24H25N3O7S2. The molecule has 1 fully saturated rings. The number of ether oxygens (including phenoxy) is 2. The Kier molecular flexibility index (Phi) is 7.59. The van der Waals surface area contributed by atoms with Crippen LogP contribution in [-0.4, -0.2) is 60.5 Å². The Hall–Kier alpha value is -3.45. The molecule has 0 radical (unpaired) electrons. The number of nitrogens with zero attached hydrogens (tertiary/aromatic N) is 1. The predicted molar refractivity (Wildman–Crippen MR) is 134 cm³/mol. The zero-order chi connectivity index (χ0) is 25.8. The lowest BCUT2D eigenvalue weighted by molar-refractivity contribution is 0.0730. The molecule has 0 aliphatic carbocycles. The number of amides is 1. The summed E-state index contributed by atoms with van der Waals surface area (Å²) in [5.74, 6) is 0.142. The summed E-state index contributed by atoms with van der Waals surface area (Å²) in [7, 11) is -5.97. The fourth-order valence-electron chi connectivity index (χ4n) is 3.51. The van der Waals surface area contributed by atoms with Gasteiger partial charge in [-0.05, 0) is 72.8 Å². The first-order valence-corrected chi connectivity index (χ1v) is 13.9. The molecule has 1 saturated heterocycles. The van der Waals surface area contributed by atoms with Crippen LogP contribution in [-0.2, 0) is 24.8 Å². The van der Waals surface area contributed by atoms with E-state index < -0.39 is 26.0 Å². The lowest BCUT2D eigenvalue weighted by Crippen LogP contribution is -2.40. The molecule has 190 valence electrons. The fourth-order valence-corrected chi connectivity index (χ4v) is 5.97. The molecule has 1 amide bonds. The maximum atomic E-state index is 12.7. The molecule has 0 atom stereocenters. The number of hydrogen-bond donors (Lipinski definition) is 2. The molecule has 12 heteroatoms. The third-order valence-corrected chi connectivity index (χ3v) is 8.80. The van der Waals surface area contributed by atoms with Crippen LogP contribution in [0.1, 0.15) is 10.4 Å². The summed E-state index contributed by atoms with van der Waals surface area (Å²) in [5.41, 5.74) is 1.02. The van der Waals surface area contributed by atoms with E-state index >= 15 is 0 Å². The Morgan fingerprint density at radius 1 is 0.806 bits per heavy atom. The molecule has 1 heterocycles. The van der Waals surface area contributed by atoms with Gasteiger partial charge >= 0.3 is 0 Å². The Morgan fingerprint density at radius 3 is 1.94 bits per heavy atom. The molecule has 2 N–H and O–H groups in total. The van der Waals surface area contributed by atoms with E-state index in [2.05, 4.69) is 10.0 Å². The van der Waals surface area contributed by atoms with Gasteiger partial charge in [0.2, 0.25) is 10.0 Å². The zero-order valence-electron chi connectivity index (χ0n) is 19.4. The van der Waals surface area contributed by atoms with Gasteiger partial charge in [0.15, 0.2) is 0 Å². The summed E-state index contributed by atoms with van der Waals surface area (Å²) >= 11 is 0. The van der Waals surface area contributed by atoms with E-state index in [9.17, 15) is 21.6 Å². The molecule has 3 aromatic carbocycles. The van der Waals surface area contributed by atoms with Gasteiger partial charge in [0.1, 0.15) is 5.75 Å². The number of nitrogens with one attached hydrogen (secondary N) is 2. The van der Waals surface area contributed by atoms with Crippen LogP contribution in [0.2, 0.25) is 0 Å². The summed E-state index contributed by atoms with van der Waals surface area (Å²) in [5, 5.41) is 2.68. The summed E-state index contributed by atoms with van der Waals surface area (Å²) < 4.78 is 64.8. The first-order chi connectivity index (χ1) is 17.2. The van der Waals surface area contributed by atoms with Crippen molar-refractivity contribution in [3.63, 3.8) is 0 Å². The molecule has 0 bridgehead atoms. The summed E-state index contributed by atoms with van der Waals surface area (Å²) in [4.78, 5) is 12.7. The second kappa shape index (κ2) is 10.7. The number of sulfonamides is 2. The van der Waals surface area contributed by atoms with Crippen LogP contribution in [0.25, 0.3) is 0 Å². The van der Waals surface area contributed by atoms with E-state index in [0.29, 0.717) is 30.3 Å². The van der Waals surface area contributed by atoms with Gasteiger partial charge in [0.05, 0.1) is 30.1 Å². The van der Waals surface area contributed by atoms with Crippen molar-refractivity contribution in [1.82, 2.24) is 4.31 Å². The van der Waals surface area contributed by atoms with Crippen LogP contribution >= 0.6 is 0 Å². The molecular weight excluding hydrogens is 506 g/mol. The second-order valence-corrected chi connectivity index (χ2v) is 11.5. The molecule has 0 saturated carbocycles. The first-order valence-electron chi connectivity index (χ1n) is 11.0. The highest BCUT2D eigenvalue weighted by atomic mass is 32.2. The monoisotopic (exact) mass is 531 g/mol. The van der Waals surface area contributed by atoms with Crippen molar-refractivity contribution in [3.8, 4) is 5.75 Å². The third kappa shape index (κ3) is 5.85. The van der Waals surface area contributed by atoms with Gasteiger partial charge in [-0.2, -0.15) is 4.31 Å². The van der Waals surface area contributed by atoms with E-state index in [1.165, 1.54) is 59.9 Å². The molecule has 3 aromatic rings. The lowest BCUT2D eigenvalue weighted by atomic mass is 10.2. The molecule has 10 nitrogen and oxygen atoms in total. The van der Waals surface area contributed by atoms with Crippen LogP contribution in [0.5, 0.6) is 5.75 Å². The minimum absolute atomic E-state index is 0.0222. The average molecular weight is 532 g/mol. The molecule has 1 aliphatic heterocycles. The Labute approximate surface area is 209 Å². The SMILES string of the molecule is COc1ccc(NS(=O)(=O)c2ccc(NC(=O)c3ccc(S(=O)(=O)N4CCOCC4)cc3)cc2)cc1. The number of carbonyl (C=O) groups excluding carboxylic acids is 1. The Morgan fingerprint density at radius 2 is 1.36 bits per heavy atom. The van der Waals surface area contributed by atoms with Crippen molar-refractivity contribution in [3.05, 3.63) is 78.4 Å². The summed E-state index contributed by atoms with van der Waals surface area (Å²) in [6.07, 6.45) is 0. The number of morpholine rings is 1. The highest BCUT2D eigenvalue weighted by Crippen LogP contribution is 2.22. The van der Waals surface area contributed by atoms with E-state index in [4.69, 9.17) is 9.47 Å². The minimum Gasteiger partial charge on any atom is -0.497 e. The van der Waals surface area contributed by atoms with Crippen molar-refractivity contribution < 1.29 is 31.1 Å². The number of anilines is 2. The van der Waals surface area contributed by atoms with Gasteiger partial charge in [0, 0.05) is 30.0 Å². The van der Waals surface area contributed by atoms with Gasteiger partial charge in [-0.25, -0.2) is 16.8 Å². The van der Waals surface area contributed by atoms with Gasteiger partial charge in [0.25, 0.3) is 15.9 Å². The van der Waals surface area contributed by atoms with Crippen LogP contribution in [0.15, 0.2) is 82.6 Å². The largest absolute Gasteiger partial charge is 0.497 e. The standard InChI is InChI=1S/C24H25N3O7S2/c1-33-21-8-4-20(5-9-21)26-35(29,30)22-12-6-19(7-13-22)25-24(28)18-2-10-23(11-3-18)36(31,32)27-14-16-34-17-15-27/h2-13,26H,14-17H2,1H3,(H,25,28). The second-order valence-electron chi connectivity index (χ2n) is 7.85. The lowest BCUT2D eigenvalue weighted by Gasteiger charge is -2.26.